The average molecular weight is 338 g/mol. The maximum absolute atomic E-state index is 13.2. The highest BCUT2D eigenvalue weighted by molar-refractivity contribution is 7.22. The minimum atomic E-state index is -2.61. The van der Waals surface area contributed by atoms with Crippen LogP contribution >= 0.6 is 11.3 Å². The molecule has 2 fully saturated rings. The smallest absolute Gasteiger partial charge is 0.251 e. The van der Waals surface area contributed by atoms with Gasteiger partial charge in [-0.2, -0.15) is 0 Å². The Labute approximate surface area is 135 Å². The fourth-order valence-corrected chi connectivity index (χ4v) is 3.96. The van der Waals surface area contributed by atoms with E-state index in [-0.39, 0.29) is 37.8 Å². The predicted octanol–water partition coefficient (Wildman–Crippen LogP) is 2.39. The van der Waals surface area contributed by atoms with E-state index in [4.69, 9.17) is 0 Å². The van der Waals surface area contributed by atoms with Gasteiger partial charge in [0.25, 0.3) is 5.92 Å². The van der Waals surface area contributed by atoms with Crippen LogP contribution in [0.2, 0.25) is 0 Å². The van der Waals surface area contributed by atoms with E-state index < -0.39 is 5.92 Å². The molecule has 0 spiro atoms. The zero-order chi connectivity index (χ0) is 16.0. The van der Waals surface area contributed by atoms with Crippen molar-refractivity contribution in [2.45, 2.75) is 18.8 Å². The summed E-state index contributed by atoms with van der Waals surface area (Å²) in [4.78, 5) is 24.6. The topological polar surface area (TPSA) is 49.3 Å². The molecule has 0 saturated carbocycles. The van der Waals surface area contributed by atoms with Crippen LogP contribution in [0, 0.1) is 5.92 Å². The monoisotopic (exact) mass is 338 g/mol. The van der Waals surface area contributed by atoms with Crippen molar-refractivity contribution < 1.29 is 13.6 Å². The van der Waals surface area contributed by atoms with Crippen molar-refractivity contribution in [3.63, 3.8) is 0 Å². The van der Waals surface area contributed by atoms with Gasteiger partial charge in [-0.15, -0.1) is 0 Å². The number of fused-ring (bicyclic) bond motifs is 1. The molecule has 2 saturated heterocycles. The van der Waals surface area contributed by atoms with Gasteiger partial charge in [0, 0.05) is 45.2 Å². The molecule has 0 bridgehead atoms. The molecule has 23 heavy (non-hydrogen) atoms. The summed E-state index contributed by atoms with van der Waals surface area (Å²) in [7, 11) is 0. The molecule has 0 aliphatic carbocycles. The Kier molecular flexibility index (Phi) is 3.44. The summed E-state index contributed by atoms with van der Waals surface area (Å²) in [6.45, 7) is 1.54. The lowest BCUT2D eigenvalue weighted by molar-refractivity contribution is -0.142. The number of carbonyl (C=O) groups is 1. The molecule has 2 aromatic rings. The first kappa shape index (κ1) is 14.7. The van der Waals surface area contributed by atoms with E-state index in [1.54, 1.807) is 28.6 Å². The van der Waals surface area contributed by atoms with Crippen molar-refractivity contribution in [3.05, 3.63) is 18.5 Å². The summed E-state index contributed by atoms with van der Waals surface area (Å²) < 4.78 is 27.4. The molecule has 2 aliphatic rings. The van der Waals surface area contributed by atoms with E-state index >= 15 is 0 Å². The third-order valence-electron chi connectivity index (χ3n) is 4.49. The number of nitrogens with zero attached hydrogens (tertiary/aromatic N) is 4. The molecular weight excluding hydrogens is 322 g/mol. The second kappa shape index (κ2) is 5.36. The molecule has 0 atom stereocenters. The number of amides is 1. The first-order valence-electron chi connectivity index (χ1n) is 7.64. The zero-order valence-corrected chi connectivity index (χ0v) is 13.2. The van der Waals surface area contributed by atoms with Gasteiger partial charge in [-0.3, -0.25) is 9.78 Å². The van der Waals surface area contributed by atoms with Gasteiger partial charge in [0.05, 0.1) is 16.8 Å². The number of likely N-dealkylation sites (tertiary alicyclic amines) is 1. The molecule has 0 aromatic carbocycles. The molecule has 2 aromatic heterocycles. The molecule has 4 rings (SSSR count). The van der Waals surface area contributed by atoms with Crippen LogP contribution in [0.25, 0.3) is 10.2 Å². The number of anilines is 1. The SMILES string of the molecule is O=C(C1CN(c2nc3cnccc3s2)C1)N1CCC(F)(F)CC1. The van der Waals surface area contributed by atoms with Crippen molar-refractivity contribution in [3.8, 4) is 0 Å². The molecule has 5 nitrogen and oxygen atoms in total. The van der Waals surface area contributed by atoms with Crippen LogP contribution in [0.1, 0.15) is 12.8 Å². The van der Waals surface area contributed by atoms with Crippen LogP contribution in [0.3, 0.4) is 0 Å². The quantitative estimate of drug-likeness (QED) is 0.844. The first-order chi connectivity index (χ1) is 11.0. The molecule has 0 N–H and O–H groups in total. The summed E-state index contributed by atoms with van der Waals surface area (Å²) in [5.74, 6) is -2.72. The van der Waals surface area contributed by atoms with E-state index in [0.29, 0.717) is 13.1 Å². The maximum Gasteiger partial charge on any atom is 0.251 e. The summed E-state index contributed by atoms with van der Waals surface area (Å²) in [5.41, 5.74) is 0.862. The van der Waals surface area contributed by atoms with E-state index in [1.807, 2.05) is 6.07 Å². The summed E-state index contributed by atoms with van der Waals surface area (Å²) in [6, 6.07) is 1.92. The Morgan fingerprint density at radius 2 is 2.04 bits per heavy atom. The van der Waals surface area contributed by atoms with Gasteiger partial charge in [-0.05, 0) is 6.07 Å². The Morgan fingerprint density at radius 1 is 1.30 bits per heavy atom. The summed E-state index contributed by atoms with van der Waals surface area (Å²) >= 11 is 1.58. The molecule has 122 valence electrons. The van der Waals surface area contributed by atoms with Gasteiger partial charge < -0.3 is 9.80 Å². The Hall–Kier alpha value is -1.83. The molecule has 1 amide bonds. The van der Waals surface area contributed by atoms with Crippen molar-refractivity contribution in [1.29, 1.82) is 0 Å². The number of hydrogen-bond donors (Lipinski definition) is 0. The Morgan fingerprint density at radius 3 is 2.74 bits per heavy atom. The highest BCUT2D eigenvalue weighted by Crippen LogP contribution is 2.34. The van der Waals surface area contributed by atoms with Gasteiger partial charge in [-0.1, -0.05) is 11.3 Å². The third kappa shape index (κ3) is 2.75. The molecule has 2 aliphatic heterocycles. The number of halogens is 2. The number of aromatic nitrogens is 2. The Balaban J connectivity index is 1.36. The lowest BCUT2D eigenvalue weighted by Gasteiger charge is -2.42. The van der Waals surface area contributed by atoms with Crippen LogP contribution in [-0.4, -0.2) is 52.9 Å². The number of piperidine rings is 1. The minimum Gasteiger partial charge on any atom is -0.346 e. The van der Waals surface area contributed by atoms with Gasteiger partial charge >= 0.3 is 0 Å². The number of hydrogen-bond acceptors (Lipinski definition) is 5. The van der Waals surface area contributed by atoms with E-state index in [0.717, 1.165) is 15.3 Å². The maximum atomic E-state index is 13.2. The fraction of sp³-hybridized carbons (Fsp3) is 0.533. The lowest BCUT2D eigenvalue weighted by atomic mass is 9.97. The van der Waals surface area contributed by atoms with Crippen LogP contribution < -0.4 is 4.90 Å². The third-order valence-corrected chi connectivity index (χ3v) is 5.58. The first-order valence-corrected chi connectivity index (χ1v) is 8.46. The minimum absolute atomic E-state index is 0.000437. The van der Waals surface area contributed by atoms with Crippen LogP contribution in [0.15, 0.2) is 18.5 Å². The number of rotatable bonds is 2. The largest absolute Gasteiger partial charge is 0.346 e. The highest BCUT2D eigenvalue weighted by atomic mass is 32.1. The second-order valence-electron chi connectivity index (χ2n) is 6.12. The van der Waals surface area contributed by atoms with Crippen molar-refractivity contribution >= 4 is 32.6 Å². The van der Waals surface area contributed by atoms with Gasteiger partial charge in [0.2, 0.25) is 5.91 Å². The highest BCUT2D eigenvalue weighted by Gasteiger charge is 2.41. The standard InChI is InChI=1S/C15H16F2N4OS/c16-15(17)2-5-20(6-3-15)13(22)10-8-21(9-10)14-19-11-7-18-4-1-12(11)23-14/h1,4,7,10H,2-3,5-6,8-9H2. The van der Waals surface area contributed by atoms with E-state index in [9.17, 15) is 13.6 Å². The van der Waals surface area contributed by atoms with Crippen LogP contribution in [0.5, 0.6) is 0 Å². The lowest BCUT2D eigenvalue weighted by Crippen LogP contribution is -2.56. The normalized spacial score (nSPS) is 21.5. The Bertz CT molecular complexity index is 701. The van der Waals surface area contributed by atoms with E-state index in [2.05, 4.69) is 14.9 Å². The number of carbonyl (C=O) groups excluding carboxylic acids is 1. The summed E-state index contributed by atoms with van der Waals surface area (Å²) in [6.07, 6.45) is 3.02. The second-order valence-corrected chi connectivity index (χ2v) is 7.13. The van der Waals surface area contributed by atoms with Crippen molar-refractivity contribution in [2.75, 3.05) is 31.1 Å². The molecular formula is C15H16F2N4OS. The predicted molar refractivity (Wildman–Crippen MR) is 83.9 cm³/mol. The van der Waals surface area contributed by atoms with Gasteiger partial charge in [-0.25, -0.2) is 13.8 Å². The van der Waals surface area contributed by atoms with Crippen LogP contribution in [0.4, 0.5) is 13.9 Å². The van der Waals surface area contributed by atoms with Crippen LogP contribution in [-0.2, 0) is 4.79 Å². The van der Waals surface area contributed by atoms with E-state index in [1.165, 1.54) is 0 Å². The zero-order valence-electron chi connectivity index (χ0n) is 12.4. The van der Waals surface area contributed by atoms with Crippen molar-refractivity contribution in [2.24, 2.45) is 5.92 Å². The van der Waals surface area contributed by atoms with Crippen molar-refractivity contribution in [1.82, 2.24) is 14.9 Å². The number of thiazole rings is 1. The molecule has 0 radical (unpaired) electrons. The fourth-order valence-electron chi connectivity index (χ4n) is 3.01. The van der Waals surface area contributed by atoms with Gasteiger partial charge in [0.1, 0.15) is 5.52 Å². The van der Waals surface area contributed by atoms with Gasteiger partial charge in [0.15, 0.2) is 5.13 Å². The average Bonchev–Trinajstić information content (AvgIpc) is 2.88. The molecule has 4 heterocycles. The number of pyridine rings is 1. The molecule has 8 heteroatoms. The number of alkyl halides is 2. The summed E-state index contributed by atoms with van der Waals surface area (Å²) in [5, 5.41) is 0.891. The molecule has 0 unspecified atom stereocenters.